The Bertz CT molecular complexity index is 977. The van der Waals surface area contributed by atoms with E-state index in [-0.39, 0.29) is 29.6 Å². The van der Waals surface area contributed by atoms with Crippen molar-refractivity contribution in [2.45, 2.75) is 51.9 Å². The fourth-order valence-electron chi connectivity index (χ4n) is 6.09. The van der Waals surface area contributed by atoms with Gasteiger partial charge in [-0.1, -0.05) is 29.8 Å². The average molecular weight is 455 g/mol. The predicted molar refractivity (Wildman–Crippen MR) is 117 cm³/mol. The summed E-state index contributed by atoms with van der Waals surface area (Å²) in [6.45, 7) is 6.62. The minimum absolute atomic E-state index is 0.00812. The van der Waals surface area contributed by atoms with Crippen molar-refractivity contribution in [1.82, 2.24) is 4.98 Å². The molecule has 1 saturated heterocycles. The first-order chi connectivity index (χ1) is 13.9. The van der Waals surface area contributed by atoms with E-state index in [4.69, 9.17) is 0 Å². The lowest BCUT2D eigenvalue weighted by atomic mass is 9.58. The number of carbonyl (C=O) groups excluding carboxylic acids is 2. The largest absolute Gasteiger partial charge is 0.362 e. The Morgan fingerprint density at radius 3 is 2.52 bits per heavy atom. The van der Waals surface area contributed by atoms with Crippen LogP contribution in [0.3, 0.4) is 0 Å². The van der Waals surface area contributed by atoms with Crippen LogP contribution in [0.1, 0.15) is 61.9 Å². The molecule has 1 N–H and O–H groups in total. The number of aryl methyl sites for hydroxylation is 1. The highest BCUT2D eigenvalue weighted by Crippen LogP contribution is 2.57. The third-order valence-electron chi connectivity index (χ3n) is 7.50. The standard InChI is InChI=1S/C24H27BrN2O2/c1-12(2)14-4-9-17-18(11-14)20-21(19-10-13(3)26-22(17)19)24(29)27(23(20)28)16-7-5-15(25)6-8-16/h5-8,10,12,14,17-18,20-21,26H,4,9,11H2,1-3H3/t14?,17-,18+,20+,21-/m1/s1. The second-order valence-corrected chi connectivity index (χ2v) is 10.3. The van der Waals surface area contributed by atoms with Crippen molar-refractivity contribution in [2.75, 3.05) is 4.90 Å². The van der Waals surface area contributed by atoms with E-state index in [2.05, 4.69) is 47.8 Å². The predicted octanol–water partition coefficient (Wildman–Crippen LogP) is 5.53. The van der Waals surface area contributed by atoms with Gasteiger partial charge in [0.2, 0.25) is 11.8 Å². The number of nitrogens with one attached hydrogen (secondary N) is 1. The van der Waals surface area contributed by atoms with Gasteiger partial charge < -0.3 is 4.98 Å². The molecule has 2 aliphatic carbocycles. The SMILES string of the molecule is Cc1cc2c([nH]1)[C@@H]1CCC(C(C)C)C[C@@H]1[C@@H]1C(=O)N(c3ccc(Br)cc3)C(=O)[C@H]21. The molecule has 5 heteroatoms. The number of aromatic amines is 1. The molecule has 2 fully saturated rings. The molecular weight excluding hydrogens is 428 g/mol. The van der Waals surface area contributed by atoms with Gasteiger partial charge in [-0.25, -0.2) is 4.90 Å². The number of halogens is 1. The molecule has 1 aromatic carbocycles. The Kier molecular flexibility index (Phi) is 4.50. The summed E-state index contributed by atoms with van der Waals surface area (Å²) >= 11 is 3.44. The van der Waals surface area contributed by atoms with E-state index in [9.17, 15) is 9.59 Å². The molecular formula is C24H27BrN2O2. The summed E-state index contributed by atoms with van der Waals surface area (Å²) in [4.78, 5) is 32.3. The molecule has 0 bridgehead atoms. The van der Waals surface area contributed by atoms with Crippen LogP contribution in [0.2, 0.25) is 0 Å². The lowest BCUT2D eigenvalue weighted by Crippen LogP contribution is -2.40. The van der Waals surface area contributed by atoms with Crippen molar-refractivity contribution in [3.63, 3.8) is 0 Å². The Balaban J connectivity index is 1.61. The van der Waals surface area contributed by atoms with Gasteiger partial charge in [0.1, 0.15) is 0 Å². The molecule has 1 aromatic heterocycles. The van der Waals surface area contributed by atoms with Crippen LogP contribution in [-0.2, 0) is 9.59 Å². The second-order valence-electron chi connectivity index (χ2n) is 9.40. The zero-order valence-corrected chi connectivity index (χ0v) is 18.7. The number of anilines is 1. The number of hydrogen-bond donors (Lipinski definition) is 1. The van der Waals surface area contributed by atoms with Crippen molar-refractivity contribution in [3.05, 3.63) is 51.8 Å². The highest BCUT2D eigenvalue weighted by atomic mass is 79.9. The Morgan fingerprint density at radius 1 is 1.10 bits per heavy atom. The number of nitrogens with zero attached hydrogens (tertiary/aromatic N) is 1. The van der Waals surface area contributed by atoms with Crippen molar-refractivity contribution in [1.29, 1.82) is 0 Å². The number of fused-ring (bicyclic) bond motifs is 6. The average Bonchev–Trinajstić information content (AvgIpc) is 3.20. The van der Waals surface area contributed by atoms with E-state index in [1.165, 1.54) is 17.0 Å². The first-order valence-electron chi connectivity index (χ1n) is 10.7. The Hall–Kier alpha value is -1.88. The van der Waals surface area contributed by atoms with E-state index in [1.807, 2.05) is 24.3 Å². The van der Waals surface area contributed by atoms with Crippen LogP contribution in [0, 0.1) is 30.6 Å². The molecule has 29 heavy (non-hydrogen) atoms. The molecule has 4 nitrogen and oxygen atoms in total. The highest BCUT2D eigenvalue weighted by molar-refractivity contribution is 9.10. The number of benzene rings is 1. The topological polar surface area (TPSA) is 53.2 Å². The Morgan fingerprint density at radius 2 is 1.83 bits per heavy atom. The quantitative estimate of drug-likeness (QED) is 0.606. The van der Waals surface area contributed by atoms with E-state index in [0.29, 0.717) is 23.4 Å². The Labute approximate surface area is 180 Å². The molecule has 1 unspecified atom stereocenters. The molecule has 152 valence electrons. The van der Waals surface area contributed by atoms with Gasteiger partial charge in [0.05, 0.1) is 17.5 Å². The summed E-state index contributed by atoms with van der Waals surface area (Å²) in [5.74, 6) is 1.17. The van der Waals surface area contributed by atoms with E-state index in [1.54, 1.807) is 0 Å². The van der Waals surface area contributed by atoms with Crippen LogP contribution in [-0.4, -0.2) is 16.8 Å². The van der Waals surface area contributed by atoms with Crippen molar-refractivity contribution in [3.8, 4) is 0 Å². The van der Waals surface area contributed by atoms with Crippen LogP contribution in [0.4, 0.5) is 5.69 Å². The van der Waals surface area contributed by atoms with Crippen LogP contribution in [0.15, 0.2) is 34.8 Å². The molecule has 2 aromatic rings. The van der Waals surface area contributed by atoms with Crippen LogP contribution in [0.5, 0.6) is 0 Å². The zero-order valence-electron chi connectivity index (χ0n) is 17.1. The third kappa shape index (κ3) is 2.84. The van der Waals surface area contributed by atoms with Gasteiger partial charge in [0.25, 0.3) is 0 Å². The number of H-pyrrole nitrogens is 1. The van der Waals surface area contributed by atoms with Gasteiger partial charge in [0.15, 0.2) is 0 Å². The van der Waals surface area contributed by atoms with Gasteiger partial charge in [-0.15, -0.1) is 0 Å². The number of rotatable bonds is 2. The minimum atomic E-state index is -0.349. The zero-order chi connectivity index (χ0) is 20.4. The molecule has 2 amide bonds. The smallest absolute Gasteiger partial charge is 0.242 e. The first-order valence-corrected chi connectivity index (χ1v) is 11.5. The number of carbonyl (C=O) groups is 2. The van der Waals surface area contributed by atoms with Crippen LogP contribution >= 0.6 is 15.9 Å². The summed E-state index contributed by atoms with van der Waals surface area (Å²) in [6.07, 6.45) is 3.34. The van der Waals surface area contributed by atoms with Crippen molar-refractivity contribution >= 4 is 33.4 Å². The third-order valence-corrected chi connectivity index (χ3v) is 8.03. The van der Waals surface area contributed by atoms with E-state index in [0.717, 1.165) is 28.6 Å². The van der Waals surface area contributed by atoms with Crippen LogP contribution in [0.25, 0.3) is 0 Å². The minimum Gasteiger partial charge on any atom is -0.362 e. The van der Waals surface area contributed by atoms with Gasteiger partial charge >= 0.3 is 0 Å². The second kappa shape index (κ2) is 6.83. The molecule has 1 aliphatic heterocycles. The summed E-state index contributed by atoms with van der Waals surface area (Å²) < 4.78 is 0.938. The maximum atomic E-state index is 13.7. The summed E-state index contributed by atoms with van der Waals surface area (Å²) in [7, 11) is 0. The summed E-state index contributed by atoms with van der Waals surface area (Å²) in [6, 6.07) is 9.60. The summed E-state index contributed by atoms with van der Waals surface area (Å²) in [5, 5.41) is 0. The summed E-state index contributed by atoms with van der Waals surface area (Å²) in [5.41, 5.74) is 4.05. The monoisotopic (exact) mass is 454 g/mol. The van der Waals surface area contributed by atoms with Gasteiger partial charge in [-0.2, -0.15) is 0 Å². The molecule has 5 atom stereocenters. The first kappa shape index (κ1) is 19.1. The maximum Gasteiger partial charge on any atom is 0.242 e. The molecule has 0 spiro atoms. The van der Waals surface area contributed by atoms with Gasteiger partial charge in [-0.3, -0.25) is 9.59 Å². The number of aromatic nitrogens is 1. The number of amides is 2. The van der Waals surface area contributed by atoms with E-state index < -0.39 is 0 Å². The van der Waals surface area contributed by atoms with Crippen molar-refractivity contribution in [2.24, 2.45) is 23.7 Å². The van der Waals surface area contributed by atoms with E-state index >= 15 is 0 Å². The molecule has 5 rings (SSSR count). The number of hydrogen-bond acceptors (Lipinski definition) is 2. The lowest BCUT2D eigenvalue weighted by molar-refractivity contribution is -0.123. The lowest BCUT2D eigenvalue weighted by Gasteiger charge is -2.44. The maximum absolute atomic E-state index is 13.7. The number of imide groups is 1. The highest BCUT2D eigenvalue weighted by Gasteiger charge is 2.58. The van der Waals surface area contributed by atoms with Gasteiger partial charge in [0, 0.05) is 21.8 Å². The fourth-order valence-corrected chi connectivity index (χ4v) is 6.35. The molecule has 2 heterocycles. The van der Waals surface area contributed by atoms with Crippen LogP contribution < -0.4 is 4.90 Å². The molecule has 3 aliphatic rings. The van der Waals surface area contributed by atoms with Crippen molar-refractivity contribution < 1.29 is 9.59 Å². The normalized spacial score (nSPS) is 31.1. The fraction of sp³-hybridized carbons (Fsp3) is 0.500. The molecule has 1 saturated carbocycles. The molecule has 0 radical (unpaired) electrons. The van der Waals surface area contributed by atoms with Gasteiger partial charge in [-0.05, 0) is 79.8 Å².